The van der Waals surface area contributed by atoms with E-state index < -0.39 is 5.82 Å². The third-order valence-electron chi connectivity index (χ3n) is 2.69. The Bertz CT molecular complexity index is 604. The molecular weight excluding hydrogens is 279 g/mol. The Morgan fingerprint density at radius 3 is 2.60 bits per heavy atom. The molecule has 0 radical (unpaired) electrons. The van der Waals surface area contributed by atoms with E-state index >= 15 is 0 Å². The normalized spacial score (nSPS) is 10.4. The summed E-state index contributed by atoms with van der Waals surface area (Å²) in [6, 6.07) is 6.31. The minimum Gasteiger partial charge on any atom is -0.373 e. The van der Waals surface area contributed by atoms with Gasteiger partial charge in [0.15, 0.2) is 0 Å². The van der Waals surface area contributed by atoms with Crippen LogP contribution in [0.2, 0.25) is 5.02 Å². The minimum atomic E-state index is -0.464. The van der Waals surface area contributed by atoms with Crippen LogP contribution in [0.3, 0.4) is 0 Å². The van der Waals surface area contributed by atoms with E-state index in [1.54, 1.807) is 19.2 Å². The summed E-state index contributed by atoms with van der Waals surface area (Å²) in [5.41, 5.74) is 0.593. The Hall–Kier alpha value is -1.88. The van der Waals surface area contributed by atoms with Crippen molar-refractivity contribution in [2.24, 2.45) is 0 Å². The zero-order valence-corrected chi connectivity index (χ0v) is 12.1. The summed E-state index contributed by atoms with van der Waals surface area (Å²) in [6.07, 6.45) is 1.75. The van der Waals surface area contributed by atoms with Crippen molar-refractivity contribution in [1.29, 1.82) is 0 Å². The molecular formula is C14H16ClFN4. The number of aryl methyl sites for hydroxylation is 1. The van der Waals surface area contributed by atoms with Gasteiger partial charge >= 0.3 is 0 Å². The Kier molecular flexibility index (Phi) is 4.74. The Labute approximate surface area is 122 Å². The highest BCUT2D eigenvalue weighted by Crippen LogP contribution is 2.22. The summed E-state index contributed by atoms with van der Waals surface area (Å²) < 4.78 is 13.4. The van der Waals surface area contributed by atoms with E-state index in [4.69, 9.17) is 11.6 Å². The number of hydrogen-bond acceptors (Lipinski definition) is 4. The quantitative estimate of drug-likeness (QED) is 0.875. The van der Waals surface area contributed by atoms with E-state index in [2.05, 4.69) is 27.5 Å². The fourth-order valence-electron chi connectivity index (χ4n) is 1.75. The van der Waals surface area contributed by atoms with Gasteiger partial charge in [-0.1, -0.05) is 18.5 Å². The van der Waals surface area contributed by atoms with Crippen molar-refractivity contribution in [3.63, 3.8) is 0 Å². The van der Waals surface area contributed by atoms with Gasteiger partial charge < -0.3 is 10.6 Å². The van der Waals surface area contributed by atoms with Crippen molar-refractivity contribution in [1.82, 2.24) is 9.97 Å². The summed E-state index contributed by atoms with van der Waals surface area (Å²) in [5, 5.41) is 6.14. The molecule has 0 fully saturated rings. The summed E-state index contributed by atoms with van der Waals surface area (Å²) in [6.45, 7) is 2.07. The van der Waals surface area contributed by atoms with E-state index in [1.807, 2.05) is 0 Å². The molecule has 1 aromatic heterocycles. The molecule has 1 heterocycles. The maximum atomic E-state index is 13.4. The van der Waals surface area contributed by atoms with Gasteiger partial charge in [0, 0.05) is 25.2 Å². The molecule has 106 valence electrons. The number of benzene rings is 1. The summed E-state index contributed by atoms with van der Waals surface area (Å²) in [4.78, 5) is 8.76. The largest absolute Gasteiger partial charge is 0.373 e. The Morgan fingerprint density at radius 2 is 1.95 bits per heavy atom. The van der Waals surface area contributed by atoms with Gasteiger partial charge in [0.1, 0.15) is 23.3 Å². The van der Waals surface area contributed by atoms with Gasteiger partial charge in [-0.25, -0.2) is 14.4 Å². The first-order chi connectivity index (χ1) is 9.62. The van der Waals surface area contributed by atoms with Gasteiger partial charge in [-0.3, -0.25) is 0 Å². The van der Waals surface area contributed by atoms with Crippen LogP contribution in [0.25, 0.3) is 0 Å². The van der Waals surface area contributed by atoms with Crippen molar-refractivity contribution >= 4 is 28.9 Å². The molecule has 0 aliphatic heterocycles. The second-order valence-electron chi connectivity index (χ2n) is 4.31. The van der Waals surface area contributed by atoms with Crippen LogP contribution in [0.15, 0.2) is 24.3 Å². The molecule has 1 aromatic carbocycles. The highest BCUT2D eigenvalue weighted by molar-refractivity contribution is 6.30. The molecule has 0 saturated heterocycles. The predicted octanol–water partition coefficient (Wildman–Crippen LogP) is 4.01. The minimum absolute atomic E-state index is 0.0980. The van der Waals surface area contributed by atoms with Gasteiger partial charge in [0.2, 0.25) is 0 Å². The monoisotopic (exact) mass is 294 g/mol. The standard InChI is InChI=1S/C14H16ClFN4/c1-3-4-12-19-13(17-2)8-14(20-12)18-9-5-6-10(15)11(16)7-9/h5-8H,3-4H2,1-2H3,(H2,17,18,19,20). The van der Waals surface area contributed by atoms with Crippen LogP contribution in [0.4, 0.5) is 21.7 Å². The van der Waals surface area contributed by atoms with E-state index in [-0.39, 0.29) is 5.02 Å². The van der Waals surface area contributed by atoms with Crippen molar-refractivity contribution in [2.45, 2.75) is 19.8 Å². The molecule has 0 unspecified atom stereocenters. The molecule has 20 heavy (non-hydrogen) atoms. The maximum Gasteiger partial charge on any atom is 0.143 e. The van der Waals surface area contributed by atoms with Crippen LogP contribution in [0.1, 0.15) is 19.2 Å². The molecule has 2 rings (SSSR count). The molecule has 2 aromatic rings. The van der Waals surface area contributed by atoms with E-state index in [1.165, 1.54) is 12.1 Å². The molecule has 0 bridgehead atoms. The molecule has 2 N–H and O–H groups in total. The first kappa shape index (κ1) is 14.5. The smallest absolute Gasteiger partial charge is 0.143 e. The van der Waals surface area contributed by atoms with Crippen LogP contribution in [0, 0.1) is 5.82 Å². The van der Waals surface area contributed by atoms with Crippen molar-refractivity contribution in [3.05, 3.63) is 40.9 Å². The Morgan fingerprint density at radius 1 is 1.20 bits per heavy atom. The molecule has 0 saturated carbocycles. The first-order valence-electron chi connectivity index (χ1n) is 6.40. The van der Waals surface area contributed by atoms with Gasteiger partial charge in [0.05, 0.1) is 5.02 Å². The van der Waals surface area contributed by atoms with Crippen LogP contribution in [-0.4, -0.2) is 17.0 Å². The lowest BCUT2D eigenvalue weighted by molar-refractivity contribution is 0.629. The van der Waals surface area contributed by atoms with Crippen LogP contribution in [0.5, 0.6) is 0 Å². The highest BCUT2D eigenvalue weighted by atomic mass is 35.5. The van der Waals surface area contributed by atoms with E-state index in [0.29, 0.717) is 11.5 Å². The second kappa shape index (κ2) is 6.52. The number of hydrogen-bond donors (Lipinski definition) is 2. The lowest BCUT2D eigenvalue weighted by Gasteiger charge is -2.10. The molecule has 0 atom stereocenters. The third kappa shape index (κ3) is 3.57. The SMILES string of the molecule is CCCc1nc(NC)cc(Nc2ccc(Cl)c(F)c2)n1. The van der Waals surface area contributed by atoms with Crippen molar-refractivity contribution < 1.29 is 4.39 Å². The topological polar surface area (TPSA) is 49.8 Å². The zero-order chi connectivity index (χ0) is 14.5. The molecule has 6 heteroatoms. The average Bonchev–Trinajstić information content (AvgIpc) is 2.43. The third-order valence-corrected chi connectivity index (χ3v) is 3.00. The van der Waals surface area contributed by atoms with Gasteiger partial charge in [-0.15, -0.1) is 0 Å². The highest BCUT2D eigenvalue weighted by Gasteiger charge is 2.06. The first-order valence-corrected chi connectivity index (χ1v) is 6.78. The van der Waals surface area contributed by atoms with Crippen LogP contribution in [-0.2, 0) is 6.42 Å². The number of aromatic nitrogens is 2. The molecule has 0 amide bonds. The van der Waals surface area contributed by atoms with Gasteiger partial charge in [-0.05, 0) is 24.6 Å². The number of anilines is 3. The van der Waals surface area contributed by atoms with Crippen LogP contribution >= 0.6 is 11.6 Å². The average molecular weight is 295 g/mol. The summed E-state index contributed by atoms with van der Waals surface area (Å²) in [7, 11) is 1.80. The van der Waals surface area contributed by atoms with E-state index in [0.717, 1.165) is 24.5 Å². The van der Waals surface area contributed by atoms with Crippen LogP contribution < -0.4 is 10.6 Å². The number of rotatable bonds is 5. The molecule has 0 aliphatic carbocycles. The fraction of sp³-hybridized carbons (Fsp3) is 0.286. The van der Waals surface area contributed by atoms with Gasteiger partial charge in [-0.2, -0.15) is 0 Å². The maximum absolute atomic E-state index is 13.4. The number of nitrogens with zero attached hydrogens (tertiary/aromatic N) is 2. The summed E-state index contributed by atoms with van der Waals surface area (Å²) in [5.74, 6) is 1.62. The summed E-state index contributed by atoms with van der Waals surface area (Å²) >= 11 is 5.66. The fourth-order valence-corrected chi connectivity index (χ4v) is 1.86. The lowest BCUT2D eigenvalue weighted by Crippen LogP contribution is -2.04. The molecule has 0 aliphatic rings. The van der Waals surface area contributed by atoms with E-state index in [9.17, 15) is 4.39 Å². The number of halogens is 2. The lowest BCUT2D eigenvalue weighted by atomic mass is 10.3. The molecule has 0 spiro atoms. The number of nitrogens with one attached hydrogen (secondary N) is 2. The predicted molar refractivity (Wildman–Crippen MR) is 80.3 cm³/mol. The van der Waals surface area contributed by atoms with Crippen molar-refractivity contribution in [2.75, 3.05) is 17.7 Å². The van der Waals surface area contributed by atoms with Crippen molar-refractivity contribution in [3.8, 4) is 0 Å². The Balaban J connectivity index is 2.27. The van der Waals surface area contributed by atoms with Gasteiger partial charge in [0.25, 0.3) is 0 Å². The second-order valence-corrected chi connectivity index (χ2v) is 4.72. The zero-order valence-electron chi connectivity index (χ0n) is 11.4. The molecule has 4 nitrogen and oxygen atoms in total.